The lowest BCUT2D eigenvalue weighted by Gasteiger charge is -2.26. The minimum absolute atomic E-state index is 0.346. The zero-order valence-corrected chi connectivity index (χ0v) is 12.3. The van der Waals surface area contributed by atoms with Gasteiger partial charge in [0.2, 0.25) is 0 Å². The SMILES string of the molecule is CC(O)CN(Cc1cnn(-c2ccccc2)n1)C(C)C. The molecule has 2 rings (SSSR count). The number of aliphatic hydroxyl groups excluding tert-OH is 1. The van der Waals surface area contributed by atoms with Gasteiger partial charge in [0.05, 0.1) is 23.7 Å². The van der Waals surface area contributed by atoms with Crippen LogP contribution in [0, 0.1) is 0 Å². The fourth-order valence-electron chi connectivity index (χ4n) is 2.06. The van der Waals surface area contributed by atoms with Crippen LogP contribution in [0.15, 0.2) is 36.5 Å². The smallest absolute Gasteiger partial charge is 0.0971 e. The Hall–Kier alpha value is -1.72. The van der Waals surface area contributed by atoms with Crippen molar-refractivity contribution in [3.63, 3.8) is 0 Å². The van der Waals surface area contributed by atoms with Crippen LogP contribution in [0.25, 0.3) is 5.69 Å². The van der Waals surface area contributed by atoms with E-state index in [0.717, 1.165) is 11.4 Å². The summed E-state index contributed by atoms with van der Waals surface area (Å²) in [6.45, 7) is 7.36. The summed E-state index contributed by atoms with van der Waals surface area (Å²) in [6.07, 6.45) is 1.44. The highest BCUT2D eigenvalue weighted by atomic mass is 16.3. The van der Waals surface area contributed by atoms with Crippen LogP contribution in [0.4, 0.5) is 0 Å². The normalized spacial score (nSPS) is 13.1. The van der Waals surface area contributed by atoms with Crippen LogP contribution in [0.2, 0.25) is 0 Å². The van der Waals surface area contributed by atoms with E-state index in [1.165, 1.54) is 0 Å². The molecule has 0 aliphatic carbocycles. The minimum Gasteiger partial charge on any atom is -0.392 e. The lowest BCUT2D eigenvalue weighted by Crippen LogP contribution is -2.36. The summed E-state index contributed by atoms with van der Waals surface area (Å²) in [4.78, 5) is 3.82. The number of aromatic nitrogens is 3. The van der Waals surface area contributed by atoms with Gasteiger partial charge >= 0.3 is 0 Å². The van der Waals surface area contributed by atoms with Crippen molar-refractivity contribution in [2.75, 3.05) is 6.54 Å². The van der Waals surface area contributed by atoms with Crippen LogP contribution in [0.3, 0.4) is 0 Å². The van der Waals surface area contributed by atoms with Crippen molar-refractivity contribution in [1.82, 2.24) is 19.9 Å². The lowest BCUT2D eigenvalue weighted by atomic mass is 10.2. The molecular weight excluding hydrogens is 252 g/mol. The molecule has 5 heteroatoms. The zero-order chi connectivity index (χ0) is 14.5. The van der Waals surface area contributed by atoms with Crippen molar-refractivity contribution in [2.45, 2.75) is 39.5 Å². The molecule has 108 valence electrons. The van der Waals surface area contributed by atoms with E-state index in [0.29, 0.717) is 19.1 Å². The molecule has 0 radical (unpaired) electrons. The summed E-state index contributed by atoms with van der Waals surface area (Å²) >= 11 is 0. The third-order valence-corrected chi connectivity index (χ3v) is 3.12. The van der Waals surface area contributed by atoms with Gasteiger partial charge in [-0.15, -0.1) is 0 Å². The molecule has 2 aromatic rings. The Morgan fingerprint density at radius 1 is 1.20 bits per heavy atom. The summed E-state index contributed by atoms with van der Waals surface area (Å²) in [6, 6.07) is 10.2. The van der Waals surface area contributed by atoms with Gasteiger partial charge in [-0.25, -0.2) is 0 Å². The highest BCUT2D eigenvalue weighted by Crippen LogP contribution is 2.09. The van der Waals surface area contributed by atoms with E-state index in [9.17, 15) is 5.11 Å². The monoisotopic (exact) mass is 274 g/mol. The number of hydrogen-bond acceptors (Lipinski definition) is 4. The number of aliphatic hydroxyl groups is 1. The number of benzene rings is 1. The fraction of sp³-hybridized carbons (Fsp3) is 0.467. The molecule has 1 N–H and O–H groups in total. The van der Waals surface area contributed by atoms with Gasteiger partial charge < -0.3 is 5.11 Å². The average molecular weight is 274 g/mol. The van der Waals surface area contributed by atoms with Gasteiger partial charge in [-0.05, 0) is 32.9 Å². The Morgan fingerprint density at radius 2 is 1.90 bits per heavy atom. The largest absolute Gasteiger partial charge is 0.392 e. The zero-order valence-electron chi connectivity index (χ0n) is 12.3. The summed E-state index contributed by atoms with van der Waals surface area (Å²) in [5.74, 6) is 0. The fourth-order valence-corrected chi connectivity index (χ4v) is 2.06. The van der Waals surface area contributed by atoms with Crippen LogP contribution in [0.5, 0.6) is 0 Å². The van der Waals surface area contributed by atoms with E-state index in [2.05, 4.69) is 28.9 Å². The van der Waals surface area contributed by atoms with Crippen LogP contribution in [0.1, 0.15) is 26.5 Å². The standard InChI is InChI=1S/C15H22N4O/c1-12(2)18(10-13(3)20)11-14-9-16-19(17-14)15-7-5-4-6-8-15/h4-9,12-13,20H,10-11H2,1-3H3. The van der Waals surface area contributed by atoms with E-state index in [-0.39, 0.29) is 6.10 Å². The van der Waals surface area contributed by atoms with Gasteiger partial charge in [0, 0.05) is 19.1 Å². The summed E-state index contributed by atoms with van der Waals surface area (Å²) in [7, 11) is 0. The van der Waals surface area contributed by atoms with Gasteiger partial charge in [0.15, 0.2) is 0 Å². The molecule has 1 unspecified atom stereocenters. The van der Waals surface area contributed by atoms with Crippen molar-refractivity contribution in [1.29, 1.82) is 0 Å². The van der Waals surface area contributed by atoms with E-state index < -0.39 is 0 Å². The molecule has 0 spiro atoms. The van der Waals surface area contributed by atoms with Gasteiger partial charge in [-0.1, -0.05) is 18.2 Å². The maximum atomic E-state index is 9.55. The quantitative estimate of drug-likeness (QED) is 0.873. The highest BCUT2D eigenvalue weighted by Gasteiger charge is 2.14. The second kappa shape index (κ2) is 6.63. The lowest BCUT2D eigenvalue weighted by molar-refractivity contribution is 0.102. The molecule has 0 fully saturated rings. The predicted molar refractivity (Wildman–Crippen MR) is 78.6 cm³/mol. The first-order valence-electron chi connectivity index (χ1n) is 6.95. The summed E-state index contributed by atoms with van der Waals surface area (Å²) in [5.41, 5.74) is 1.86. The summed E-state index contributed by atoms with van der Waals surface area (Å²) in [5, 5.41) is 18.3. The average Bonchev–Trinajstić information content (AvgIpc) is 2.87. The second-order valence-electron chi connectivity index (χ2n) is 5.33. The Labute approximate surface area is 119 Å². The molecule has 0 bridgehead atoms. The van der Waals surface area contributed by atoms with Crippen LogP contribution >= 0.6 is 0 Å². The molecule has 0 amide bonds. The molecule has 1 heterocycles. The predicted octanol–water partition coefficient (Wildman–Crippen LogP) is 1.86. The van der Waals surface area contributed by atoms with E-state index in [1.807, 2.05) is 30.3 Å². The van der Waals surface area contributed by atoms with Gasteiger partial charge in [-0.2, -0.15) is 15.0 Å². The molecule has 20 heavy (non-hydrogen) atoms. The Bertz CT molecular complexity index is 522. The molecule has 1 atom stereocenters. The number of nitrogens with zero attached hydrogens (tertiary/aromatic N) is 4. The number of rotatable bonds is 6. The molecule has 0 saturated heterocycles. The Morgan fingerprint density at radius 3 is 2.50 bits per heavy atom. The number of para-hydroxylation sites is 1. The molecule has 5 nitrogen and oxygen atoms in total. The van der Waals surface area contributed by atoms with Crippen LogP contribution in [-0.4, -0.2) is 43.7 Å². The molecule has 0 aliphatic rings. The minimum atomic E-state index is -0.346. The van der Waals surface area contributed by atoms with Gasteiger partial charge in [0.25, 0.3) is 0 Å². The number of hydrogen-bond donors (Lipinski definition) is 1. The first-order valence-corrected chi connectivity index (χ1v) is 6.95. The Kier molecular flexibility index (Phi) is 4.87. The maximum Gasteiger partial charge on any atom is 0.0971 e. The maximum absolute atomic E-state index is 9.55. The van der Waals surface area contributed by atoms with E-state index in [1.54, 1.807) is 17.9 Å². The van der Waals surface area contributed by atoms with Crippen molar-refractivity contribution in [3.05, 3.63) is 42.2 Å². The summed E-state index contributed by atoms with van der Waals surface area (Å²) < 4.78 is 0. The van der Waals surface area contributed by atoms with Crippen molar-refractivity contribution < 1.29 is 5.11 Å². The van der Waals surface area contributed by atoms with Gasteiger partial charge in [0.1, 0.15) is 0 Å². The second-order valence-corrected chi connectivity index (χ2v) is 5.33. The molecular formula is C15H22N4O. The third kappa shape index (κ3) is 3.88. The highest BCUT2D eigenvalue weighted by molar-refractivity contribution is 5.28. The first-order chi connectivity index (χ1) is 9.56. The molecule has 0 saturated carbocycles. The van der Waals surface area contributed by atoms with Crippen molar-refractivity contribution >= 4 is 0 Å². The van der Waals surface area contributed by atoms with Gasteiger partial charge in [-0.3, -0.25) is 4.90 Å². The van der Waals surface area contributed by atoms with E-state index >= 15 is 0 Å². The third-order valence-electron chi connectivity index (χ3n) is 3.12. The van der Waals surface area contributed by atoms with Crippen LogP contribution in [-0.2, 0) is 6.54 Å². The molecule has 0 aliphatic heterocycles. The molecule has 1 aromatic carbocycles. The van der Waals surface area contributed by atoms with Crippen molar-refractivity contribution in [2.24, 2.45) is 0 Å². The van der Waals surface area contributed by atoms with Crippen molar-refractivity contribution in [3.8, 4) is 5.69 Å². The first kappa shape index (κ1) is 14.7. The topological polar surface area (TPSA) is 54.2 Å². The van der Waals surface area contributed by atoms with E-state index in [4.69, 9.17) is 0 Å². The Balaban J connectivity index is 2.08. The molecule has 1 aromatic heterocycles. The van der Waals surface area contributed by atoms with Crippen LogP contribution < -0.4 is 0 Å².